The van der Waals surface area contributed by atoms with E-state index in [0.717, 1.165) is 32.8 Å². The molecule has 0 bridgehead atoms. The van der Waals surface area contributed by atoms with Crippen molar-refractivity contribution < 1.29 is 4.74 Å². The van der Waals surface area contributed by atoms with Gasteiger partial charge in [0.25, 0.3) is 0 Å². The van der Waals surface area contributed by atoms with Crippen LogP contribution in [0.3, 0.4) is 0 Å². The molecule has 2 heterocycles. The maximum Gasteiger partial charge on any atom is 0.0594 e. The van der Waals surface area contributed by atoms with Crippen molar-refractivity contribution in [3.8, 4) is 0 Å². The van der Waals surface area contributed by atoms with Crippen molar-refractivity contribution in [2.75, 3.05) is 44.7 Å². The molecule has 4 heteroatoms. The lowest BCUT2D eigenvalue weighted by molar-refractivity contribution is 0.0370. The molecule has 2 aliphatic rings. The van der Waals surface area contributed by atoms with Crippen LogP contribution in [-0.2, 0) is 4.74 Å². The van der Waals surface area contributed by atoms with Crippen LogP contribution in [-0.4, -0.2) is 44.3 Å². The Morgan fingerprint density at radius 3 is 3.00 bits per heavy atom. The fraction of sp³-hybridized carbons (Fsp3) is 0.600. The van der Waals surface area contributed by atoms with E-state index in [1.165, 1.54) is 35.1 Å². The average molecular weight is 325 g/mol. The molecule has 19 heavy (non-hydrogen) atoms. The minimum absolute atomic E-state index is 0.675. The van der Waals surface area contributed by atoms with Crippen LogP contribution in [0, 0.1) is 0 Å². The highest BCUT2D eigenvalue weighted by Crippen LogP contribution is 2.36. The number of fused-ring (bicyclic) bond motifs is 1. The van der Waals surface area contributed by atoms with E-state index in [-0.39, 0.29) is 0 Å². The van der Waals surface area contributed by atoms with Gasteiger partial charge >= 0.3 is 0 Å². The van der Waals surface area contributed by atoms with Gasteiger partial charge in [0.15, 0.2) is 0 Å². The number of nitrogens with one attached hydrogen (secondary N) is 1. The van der Waals surface area contributed by atoms with Crippen molar-refractivity contribution in [2.45, 2.75) is 18.8 Å². The molecular weight excluding hydrogens is 304 g/mol. The fourth-order valence-electron chi connectivity index (χ4n) is 3.02. The van der Waals surface area contributed by atoms with Gasteiger partial charge in [0.05, 0.1) is 13.2 Å². The molecule has 1 fully saturated rings. The van der Waals surface area contributed by atoms with Crippen LogP contribution in [0.15, 0.2) is 22.7 Å². The van der Waals surface area contributed by atoms with Crippen molar-refractivity contribution in [1.82, 2.24) is 4.90 Å². The molecule has 0 radical (unpaired) electrons. The molecule has 1 atom stereocenters. The monoisotopic (exact) mass is 324 g/mol. The summed E-state index contributed by atoms with van der Waals surface area (Å²) in [5.74, 6) is 0.675. The van der Waals surface area contributed by atoms with Gasteiger partial charge in [-0.2, -0.15) is 0 Å². The first-order valence-corrected chi connectivity index (χ1v) is 7.95. The third-order valence-corrected chi connectivity index (χ3v) is 4.62. The number of rotatable bonds is 4. The predicted octanol–water partition coefficient (Wildman–Crippen LogP) is 3.07. The molecule has 1 N–H and O–H groups in total. The quantitative estimate of drug-likeness (QED) is 0.921. The second-order valence-corrected chi connectivity index (χ2v) is 6.32. The van der Waals surface area contributed by atoms with Crippen LogP contribution in [0.5, 0.6) is 0 Å². The Hall–Kier alpha value is -0.580. The van der Waals surface area contributed by atoms with Gasteiger partial charge in [0.2, 0.25) is 0 Å². The van der Waals surface area contributed by atoms with Gasteiger partial charge in [-0.25, -0.2) is 0 Å². The minimum Gasteiger partial charge on any atom is -0.384 e. The van der Waals surface area contributed by atoms with E-state index >= 15 is 0 Å². The molecule has 1 aromatic rings. The standard InChI is InChI=1S/C15H21BrN2O/c16-13-3-4-15-14(10-13)12(11-17-15)2-1-5-18-6-8-19-9-7-18/h3-4,10,12,17H,1-2,5-9,11H2. The van der Waals surface area contributed by atoms with E-state index in [4.69, 9.17) is 4.74 Å². The predicted molar refractivity (Wildman–Crippen MR) is 81.9 cm³/mol. The van der Waals surface area contributed by atoms with E-state index in [0.29, 0.717) is 5.92 Å². The molecule has 2 aliphatic heterocycles. The molecule has 0 saturated carbocycles. The van der Waals surface area contributed by atoms with Gasteiger partial charge in [0.1, 0.15) is 0 Å². The van der Waals surface area contributed by atoms with Crippen LogP contribution in [0.2, 0.25) is 0 Å². The van der Waals surface area contributed by atoms with Gasteiger partial charge in [-0.3, -0.25) is 4.90 Å². The van der Waals surface area contributed by atoms with Gasteiger partial charge < -0.3 is 10.1 Å². The normalized spacial score (nSPS) is 23.1. The van der Waals surface area contributed by atoms with E-state index < -0.39 is 0 Å². The summed E-state index contributed by atoms with van der Waals surface area (Å²) in [5.41, 5.74) is 2.80. The molecule has 1 saturated heterocycles. The summed E-state index contributed by atoms with van der Waals surface area (Å²) >= 11 is 3.57. The third-order valence-electron chi connectivity index (χ3n) is 4.12. The maximum atomic E-state index is 5.38. The Balaban J connectivity index is 1.50. The molecule has 1 aromatic carbocycles. The minimum atomic E-state index is 0.675. The Morgan fingerprint density at radius 2 is 2.16 bits per heavy atom. The van der Waals surface area contributed by atoms with E-state index in [2.05, 4.69) is 44.3 Å². The Labute approximate surface area is 123 Å². The summed E-state index contributed by atoms with van der Waals surface area (Å²) in [5, 5.41) is 3.51. The third kappa shape index (κ3) is 3.30. The van der Waals surface area contributed by atoms with Crippen LogP contribution in [0.4, 0.5) is 5.69 Å². The number of ether oxygens (including phenoxy) is 1. The van der Waals surface area contributed by atoms with Gasteiger partial charge in [-0.05, 0) is 43.1 Å². The SMILES string of the molecule is Brc1ccc2c(c1)C(CCCN1CCOCC1)CN2. The summed E-state index contributed by atoms with van der Waals surface area (Å²) < 4.78 is 6.57. The smallest absolute Gasteiger partial charge is 0.0594 e. The maximum absolute atomic E-state index is 5.38. The zero-order chi connectivity index (χ0) is 13.1. The number of benzene rings is 1. The fourth-order valence-corrected chi connectivity index (χ4v) is 3.40. The van der Waals surface area contributed by atoms with Gasteiger partial charge in [-0.1, -0.05) is 15.9 Å². The zero-order valence-electron chi connectivity index (χ0n) is 11.2. The van der Waals surface area contributed by atoms with Gasteiger partial charge in [-0.15, -0.1) is 0 Å². The molecule has 1 unspecified atom stereocenters. The number of morpholine rings is 1. The number of hydrogen-bond donors (Lipinski definition) is 1. The second kappa shape index (κ2) is 6.25. The second-order valence-electron chi connectivity index (χ2n) is 5.41. The summed E-state index contributed by atoms with van der Waals surface area (Å²) in [7, 11) is 0. The lowest BCUT2D eigenvalue weighted by Gasteiger charge is -2.26. The van der Waals surface area contributed by atoms with E-state index in [9.17, 15) is 0 Å². The lowest BCUT2D eigenvalue weighted by atomic mass is 9.96. The largest absolute Gasteiger partial charge is 0.384 e. The molecule has 0 aliphatic carbocycles. The molecule has 3 nitrogen and oxygen atoms in total. The number of anilines is 1. The van der Waals surface area contributed by atoms with E-state index in [1.54, 1.807) is 0 Å². The lowest BCUT2D eigenvalue weighted by Crippen LogP contribution is -2.36. The average Bonchev–Trinajstić information content (AvgIpc) is 2.83. The zero-order valence-corrected chi connectivity index (χ0v) is 12.8. The first-order valence-electron chi connectivity index (χ1n) is 7.16. The van der Waals surface area contributed by atoms with Gasteiger partial charge in [0, 0.05) is 35.7 Å². The topological polar surface area (TPSA) is 24.5 Å². The molecular formula is C15H21BrN2O. The molecule has 0 aromatic heterocycles. The summed E-state index contributed by atoms with van der Waals surface area (Å²) in [6.07, 6.45) is 2.55. The van der Waals surface area contributed by atoms with Crippen LogP contribution < -0.4 is 5.32 Å². The highest BCUT2D eigenvalue weighted by molar-refractivity contribution is 9.10. The van der Waals surface area contributed by atoms with Crippen molar-refractivity contribution in [3.05, 3.63) is 28.2 Å². The van der Waals surface area contributed by atoms with Crippen molar-refractivity contribution in [3.63, 3.8) is 0 Å². The Kier molecular flexibility index (Phi) is 4.41. The summed E-state index contributed by atoms with van der Waals surface area (Å²) in [6.45, 7) is 6.32. The Morgan fingerprint density at radius 1 is 1.32 bits per heavy atom. The van der Waals surface area contributed by atoms with Crippen LogP contribution >= 0.6 is 15.9 Å². The highest BCUT2D eigenvalue weighted by Gasteiger charge is 2.22. The van der Waals surface area contributed by atoms with Crippen molar-refractivity contribution in [1.29, 1.82) is 0 Å². The van der Waals surface area contributed by atoms with Crippen LogP contribution in [0.25, 0.3) is 0 Å². The Bertz CT molecular complexity index is 432. The van der Waals surface area contributed by atoms with E-state index in [1.807, 2.05) is 0 Å². The number of nitrogens with zero attached hydrogens (tertiary/aromatic N) is 1. The van der Waals surface area contributed by atoms with Crippen molar-refractivity contribution in [2.24, 2.45) is 0 Å². The molecule has 104 valence electrons. The van der Waals surface area contributed by atoms with Crippen LogP contribution in [0.1, 0.15) is 24.3 Å². The molecule has 3 rings (SSSR count). The summed E-state index contributed by atoms with van der Waals surface area (Å²) in [4.78, 5) is 2.52. The number of hydrogen-bond acceptors (Lipinski definition) is 3. The molecule has 0 amide bonds. The van der Waals surface area contributed by atoms with Crippen molar-refractivity contribution >= 4 is 21.6 Å². The number of halogens is 1. The molecule has 0 spiro atoms. The first kappa shape index (κ1) is 13.4. The first-order chi connectivity index (χ1) is 9.33. The highest BCUT2D eigenvalue weighted by atomic mass is 79.9. The summed E-state index contributed by atoms with van der Waals surface area (Å²) in [6, 6.07) is 6.57.